The number of benzene rings is 1. The Labute approximate surface area is 189 Å². The Morgan fingerprint density at radius 3 is 2.34 bits per heavy atom. The van der Waals surface area contributed by atoms with Crippen molar-refractivity contribution in [2.75, 3.05) is 0 Å². The highest BCUT2D eigenvalue weighted by molar-refractivity contribution is 6.04. The fourth-order valence-corrected chi connectivity index (χ4v) is 5.16. The molecule has 0 aromatic heterocycles. The van der Waals surface area contributed by atoms with Crippen LogP contribution in [0.3, 0.4) is 0 Å². The van der Waals surface area contributed by atoms with Crippen LogP contribution in [-0.4, -0.2) is 23.8 Å². The summed E-state index contributed by atoms with van der Waals surface area (Å²) >= 11 is 0. The molecule has 0 saturated heterocycles. The van der Waals surface area contributed by atoms with Crippen LogP contribution in [-0.2, 0) is 19.1 Å². The lowest BCUT2D eigenvalue weighted by molar-refractivity contribution is -0.144. The molecule has 4 rings (SSSR count). The van der Waals surface area contributed by atoms with Crippen molar-refractivity contribution in [2.45, 2.75) is 78.2 Å². The fraction of sp³-hybridized carbons (Fsp3) is 0.500. The topological polar surface area (TPSA) is 81.7 Å². The van der Waals surface area contributed by atoms with Crippen LogP contribution in [0, 0.1) is 5.41 Å². The van der Waals surface area contributed by atoms with Gasteiger partial charge in [0, 0.05) is 36.2 Å². The second-order valence-corrected chi connectivity index (χ2v) is 9.90. The van der Waals surface area contributed by atoms with Crippen molar-refractivity contribution < 1.29 is 23.9 Å². The van der Waals surface area contributed by atoms with Gasteiger partial charge in [0.2, 0.25) is 0 Å². The minimum absolute atomic E-state index is 0.0523. The first-order valence-electron chi connectivity index (χ1n) is 11.4. The summed E-state index contributed by atoms with van der Waals surface area (Å²) in [6, 6.07) is 7.04. The van der Waals surface area contributed by atoms with Crippen molar-refractivity contribution in [1.29, 1.82) is 0 Å². The van der Waals surface area contributed by atoms with E-state index in [1.54, 1.807) is 12.1 Å². The van der Waals surface area contributed by atoms with Crippen molar-refractivity contribution >= 4 is 17.7 Å². The Morgan fingerprint density at radius 1 is 1.06 bits per heavy atom. The van der Waals surface area contributed by atoms with E-state index < -0.39 is 11.9 Å². The van der Waals surface area contributed by atoms with Crippen LogP contribution >= 0.6 is 0 Å². The van der Waals surface area contributed by atoms with Gasteiger partial charge in [-0.05, 0) is 62.1 Å². The van der Waals surface area contributed by atoms with Crippen molar-refractivity contribution in [3.63, 3.8) is 0 Å². The molecule has 3 aliphatic rings. The van der Waals surface area contributed by atoms with E-state index in [2.05, 4.69) is 19.2 Å². The zero-order chi connectivity index (χ0) is 23.0. The van der Waals surface area contributed by atoms with E-state index in [-0.39, 0.29) is 23.3 Å². The molecule has 1 aliphatic heterocycles. The number of rotatable bonds is 4. The normalized spacial score (nSPS) is 23.0. The Bertz CT molecular complexity index is 1010. The molecule has 0 amide bonds. The summed E-state index contributed by atoms with van der Waals surface area (Å²) in [5.41, 5.74) is 3.41. The van der Waals surface area contributed by atoms with Gasteiger partial charge in [0.1, 0.15) is 11.9 Å². The molecule has 0 bridgehead atoms. The number of esters is 2. The summed E-state index contributed by atoms with van der Waals surface area (Å²) in [5.74, 6) is -0.783. The standard InChI is InChI=1S/C26H31NO5/c1-15-22(25(30)32-18-7-5-6-8-18)23(17-9-11-19(12-10-17)31-16(2)28)24-20(27-15)13-26(3,4)14-21(24)29/h9-12,18,23,27H,5-8,13-14H2,1-4H3/t23-/m0/s1. The maximum absolute atomic E-state index is 13.3. The number of carbonyl (C=O) groups is 3. The molecule has 6 heteroatoms. The van der Waals surface area contributed by atoms with Gasteiger partial charge in [-0.2, -0.15) is 0 Å². The predicted molar refractivity (Wildman–Crippen MR) is 120 cm³/mol. The summed E-state index contributed by atoms with van der Waals surface area (Å²) in [5, 5.41) is 3.37. The molecule has 1 heterocycles. The third-order valence-corrected chi connectivity index (χ3v) is 6.51. The number of hydrogen-bond acceptors (Lipinski definition) is 6. The summed E-state index contributed by atoms with van der Waals surface area (Å²) in [7, 11) is 0. The Kier molecular flexibility index (Phi) is 5.97. The molecule has 1 fully saturated rings. The van der Waals surface area contributed by atoms with Crippen molar-refractivity contribution in [2.24, 2.45) is 5.41 Å². The highest BCUT2D eigenvalue weighted by Crippen LogP contribution is 2.47. The number of ketones is 1. The van der Waals surface area contributed by atoms with Gasteiger partial charge in [-0.1, -0.05) is 26.0 Å². The van der Waals surface area contributed by atoms with Gasteiger partial charge in [0.25, 0.3) is 0 Å². The molecule has 1 aromatic rings. The Balaban J connectivity index is 1.75. The molecule has 2 aliphatic carbocycles. The van der Waals surface area contributed by atoms with E-state index in [4.69, 9.17) is 9.47 Å². The van der Waals surface area contributed by atoms with E-state index in [0.29, 0.717) is 23.3 Å². The van der Waals surface area contributed by atoms with Gasteiger partial charge in [-0.3, -0.25) is 9.59 Å². The third kappa shape index (κ3) is 4.50. The fourth-order valence-electron chi connectivity index (χ4n) is 5.16. The first kappa shape index (κ1) is 22.3. The average molecular weight is 438 g/mol. The van der Waals surface area contributed by atoms with Crippen LogP contribution in [0.5, 0.6) is 5.75 Å². The maximum atomic E-state index is 13.3. The smallest absolute Gasteiger partial charge is 0.337 e. The number of ether oxygens (including phenoxy) is 2. The predicted octanol–water partition coefficient (Wildman–Crippen LogP) is 4.70. The van der Waals surface area contributed by atoms with Crippen LogP contribution in [0.1, 0.15) is 77.7 Å². The molecule has 1 atom stereocenters. The van der Waals surface area contributed by atoms with Crippen LogP contribution in [0.15, 0.2) is 46.8 Å². The van der Waals surface area contributed by atoms with E-state index in [1.165, 1.54) is 6.92 Å². The molecule has 6 nitrogen and oxygen atoms in total. The van der Waals surface area contributed by atoms with Crippen molar-refractivity contribution in [1.82, 2.24) is 5.32 Å². The summed E-state index contributed by atoms with van der Waals surface area (Å²) < 4.78 is 11.0. The van der Waals surface area contributed by atoms with Crippen molar-refractivity contribution in [3.05, 3.63) is 52.4 Å². The second-order valence-electron chi connectivity index (χ2n) is 9.90. The highest BCUT2D eigenvalue weighted by atomic mass is 16.5. The first-order valence-corrected chi connectivity index (χ1v) is 11.4. The van der Waals surface area contributed by atoms with Crippen LogP contribution in [0.4, 0.5) is 0 Å². The third-order valence-electron chi connectivity index (χ3n) is 6.51. The van der Waals surface area contributed by atoms with Crippen LogP contribution in [0.25, 0.3) is 0 Å². The lowest BCUT2D eigenvalue weighted by Crippen LogP contribution is -2.39. The SMILES string of the molecule is CC(=O)Oc1ccc([C@H]2C(C(=O)OC3CCCC3)=C(C)NC3=C2C(=O)CC(C)(C)C3)cc1. The number of nitrogens with one attached hydrogen (secondary N) is 1. The van der Waals surface area contributed by atoms with E-state index in [9.17, 15) is 14.4 Å². The number of carbonyl (C=O) groups excluding carboxylic acids is 3. The second kappa shape index (κ2) is 8.57. The number of allylic oxidation sites excluding steroid dienone is 3. The minimum atomic E-state index is -0.505. The zero-order valence-electron chi connectivity index (χ0n) is 19.2. The molecule has 0 radical (unpaired) electrons. The molecule has 1 saturated carbocycles. The van der Waals surface area contributed by atoms with E-state index in [0.717, 1.165) is 49.1 Å². The monoisotopic (exact) mass is 437 g/mol. The summed E-state index contributed by atoms with van der Waals surface area (Å²) in [4.78, 5) is 38.0. The largest absolute Gasteiger partial charge is 0.459 e. The molecular weight excluding hydrogens is 406 g/mol. The molecular formula is C26H31NO5. The molecule has 1 aromatic carbocycles. The molecule has 0 spiro atoms. The van der Waals surface area contributed by atoms with Gasteiger partial charge in [0.05, 0.1) is 5.57 Å². The molecule has 1 N–H and O–H groups in total. The summed E-state index contributed by atoms with van der Waals surface area (Å²) in [6.07, 6.45) is 5.00. The molecule has 32 heavy (non-hydrogen) atoms. The molecule has 0 unspecified atom stereocenters. The highest BCUT2D eigenvalue weighted by Gasteiger charge is 2.43. The van der Waals surface area contributed by atoms with Crippen LogP contribution in [0.2, 0.25) is 0 Å². The van der Waals surface area contributed by atoms with Gasteiger partial charge in [-0.25, -0.2) is 4.79 Å². The first-order chi connectivity index (χ1) is 15.1. The number of Topliss-reactive ketones (excluding diaryl/α,β-unsaturated/α-hetero) is 1. The Morgan fingerprint density at radius 2 is 1.72 bits per heavy atom. The van der Waals surface area contributed by atoms with Gasteiger partial charge >= 0.3 is 11.9 Å². The van der Waals surface area contributed by atoms with Crippen LogP contribution < -0.4 is 10.1 Å². The lowest BCUT2D eigenvalue weighted by Gasteiger charge is -2.39. The van der Waals surface area contributed by atoms with Gasteiger partial charge in [0.15, 0.2) is 5.78 Å². The minimum Gasteiger partial charge on any atom is -0.459 e. The summed E-state index contributed by atoms with van der Waals surface area (Å²) in [6.45, 7) is 7.40. The quantitative estimate of drug-likeness (QED) is 0.543. The Hall–Kier alpha value is -2.89. The molecule has 170 valence electrons. The van der Waals surface area contributed by atoms with Gasteiger partial charge in [-0.15, -0.1) is 0 Å². The average Bonchev–Trinajstić information content (AvgIpc) is 3.19. The number of dihydropyridines is 1. The van der Waals surface area contributed by atoms with E-state index in [1.807, 2.05) is 19.1 Å². The number of hydrogen-bond donors (Lipinski definition) is 1. The zero-order valence-corrected chi connectivity index (χ0v) is 19.2. The van der Waals surface area contributed by atoms with Crippen molar-refractivity contribution in [3.8, 4) is 5.75 Å². The van der Waals surface area contributed by atoms with E-state index >= 15 is 0 Å². The van der Waals surface area contributed by atoms with Gasteiger partial charge < -0.3 is 14.8 Å². The lowest BCUT2D eigenvalue weighted by atomic mass is 9.68. The maximum Gasteiger partial charge on any atom is 0.337 e.